The first kappa shape index (κ1) is 10.1. The van der Waals surface area contributed by atoms with Crippen LogP contribution in [0.3, 0.4) is 0 Å². The molecule has 2 aromatic heterocycles. The van der Waals surface area contributed by atoms with Gasteiger partial charge in [0.1, 0.15) is 5.03 Å². The number of hydrogen-bond donors (Lipinski definition) is 1. The summed E-state index contributed by atoms with van der Waals surface area (Å²) in [6.07, 6.45) is 6.84. The largest absolute Gasteiger partial charge is 0.325 e. The van der Waals surface area contributed by atoms with Gasteiger partial charge in [-0.2, -0.15) is 0 Å². The Morgan fingerprint density at radius 2 is 2.07 bits per heavy atom. The minimum absolute atomic E-state index is 0.468. The fourth-order valence-corrected chi connectivity index (χ4v) is 1.76. The molecule has 0 spiro atoms. The molecule has 15 heavy (non-hydrogen) atoms. The molecule has 2 heterocycles. The first-order chi connectivity index (χ1) is 7.38. The van der Waals surface area contributed by atoms with Gasteiger partial charge < -0.3 is 5.73 Å². The van der Waals surface area contributed by atoms with E-state index in [1.807, 2.05) is 12.1 Å². The van der Waals surface area contributed by atoms with Crippen LogP contribution in [0.5, 0.6) is 0 Å². The predicted molar refractivity (Wildman–Crippen MR) is 58.3 cm³/mol. The van der Waals surface area contributed by atoms with Gasteiger partial charge >= 0.3 is 0 Å². The SMILES string of the molecule is NCc1ccc(Sc2cnccn2)cn1. The Bertz CT molecular complexity index is 415. The minimum atomic E-state index is 0.468. The Morgan fingerprint density at radius 3 is 2.67 bits per heavy atom. The fourth-order valence-electron chi connectivity index (χ4n) is 1.05. The lowest BCUT2D eigenvalue weighted by Crippen LogP contribution is -1.98. The van der Waals surface area contributed by atoms with Crippen molar-refractivity contribution in [2.24, 2.45) is 5.73 Å². The van der Waals surface area contributed by atoms with Crippen LogP contribution in [-0.4, -0.2) is 15.0 Å². The summed E-state index contributed by atoms with van der Waals surface area (Å²) in [4.78, 5) is 13.4. The molecule has 0 bridgehead atoms. The van der Waals surface area contributed by atoms with E-state index in [0.717, 1.165) is 15.6 Å². The Hall–Kier alpha value is -1.46. The van der Waals surface area contributed by atoms with Crippen molar-refractivity contribution in [3.05, 3.63) is 42.6 Å². The van der Waals surface area contributed by atoms with E-state index in [2.05, 4.69) is 15.0 Å². The minimum Gasteiger partial charge on any atom is -0.325 e. The molecule has 0 aromatic carbocycles. The van der Waals surface area contributed by atoms with E-state index in [-0.39, 0.29) is 0 Å². The zero-order valence-corrected chi connectivity index (χ0v) is 8.81. The molecule has 4 nitrogen and oxygen atoms in total. The Labute approximate surface area is 92.0 Å². The second kappa shape index (κ2) is 4.86. The van der Waals surface area contributed by atoms with Crippen LogP contribution in [0.4, 0.5) is 0 Å². The van der Waals surface area contributed by atoms with E-state index in [0.29, 0.717) is 6.54 Å². The van der Waals surface area contributed by atoms with Crippen molar-refractivity contribution in [3.8, 4) is 0 Å². The average molecular weight is 218 g/mol. The fraction of sp³-hybridized carbons (Fsp3) is 0.100. The number of pyridine rings is 1. The van der Waals surface area contributed by atoms with Crippen molar-refractivity contribution in [2.75, 3.05) is 0 Å². The second-order valence-corrected chi connectivity index (χ2v) is 3.93. The van der Waals surface area contributed by atoms with Crippen molar-refractivity contribution >= 4 is 11.8 Å². The van der Waals surface area contributed by atoms with Gasteiger partial charge in [-0.05, 0) is 12.1 Å². The van der Waals surface area contributed by atoms with E-state index in [1.54, 1.807) is 24.8 Å². The lowest BCUT2D eigenvalue weighted by atomic mass is 10.4. The summed E-state index contributed by atoms with van der Waals surface area (Å²) in [5, 5.41) is 0.861. The third-order valence-corrected chi connectivity index (χ3v) is 2.67. The third-order valence-electron chi connectivity index (χ3n) is 1.77. The van der Waals surface area contributed by atoms with Crippen molar-refractivity contribution in [1.29, 1.82) is 0 Å². The van der Waals surface area contributed by atoms with Gasteiger partial charge in [0.05, 0.1) is 11.9 Å². The molecule has 5 heteroatoms. The maximum Gasteiger partial charge on any atom is 0.119 e. The molecule has 2 aromatic rings. The van der Waals surface area contributed by atoms with Crippen molar-refractivity contribution in [2.45, 2.75) is 16.5 Å². The molecular weight excluding hydrogens is 208 g/mol. The molecule has 0 unspecified atom stereocenters. The molecule has 0 aliphatic heterocycles. The quantitative estimate of drug-likeness (QED) is 0.845. The highest BCUT2D eigenvalue weighted by atomic mass is 32.2. The normalized spacial score (nSPS) is 10.2. The Kier molecular flexibility index (Phi) is 3.26. The zero-order valence-electron chi connectivity index (χ0n) is 8.00. The van der Waals surface area contributed by atoms with Crippen LogP contribution in [0.1, 0.15) is 5.69 Å². The van der Waals surface area contributed by atoms with Gasteiger partial charge in [0.2, 0.25) is 0 Å². The summed E-state index contributed by atoms with van der Waals surface area (Å²) < 4.78 is 0. The molecule has 0 aliphatic carbocycles. The summed E-state index contributed by atoms with van der Waals surface area (Å²) in [6.45, 7) is 0.468. The number of hydrogen-bond acceptors (Lipinski definition) is 5. The van der Waals surface area contributed by atoms with E-state index in [1.165, 1.54) is 11.8 Å². The lowest BCUT2D eigenvalue weighted by Gasteiger charge is -2.00. The maximum atomic E-state index is 5.46. The summed E-state index contributed by atoms with van der Waals surface area (Å²) in [7, 11) is 0. The standard InChI is InChI=1S/C10H10N4S/c11-5-8-1-2-9(6-14-8)15-10-7-12-3-4-13-10/h1-4,6-7H,5,11H2. The van der Waals surface area contributed by atoms with Gasteiger partial charge in [-0.1, -0.05) is 11.8 Å². The van der Waals surface area contributed by atoms with Crippen LogP contribution in [0.15, 0.2) is 46.8 Å². The third kappa shape index (κ3) is 2.74. The van der Waals surface area contributed by atoms with E-state index in [9.17, 15) is 0 Å². The lowest BCUT2D eigenvalue weighted by molar-refractivity contribution is 0.975. The van der Waals surface area contributed by atoms with Crippen LogP contribution in [0.2, 0.25) is 0 Å². The molecule has 0 fully saturated rings. The molecule has 76 valence electrons. The molecule has 2 N–H and O–H groups in total. The van der Waals surface area contributed by atoms with Crippen molar-refractivity contribution in [3.63, 3.8) is 0 Å². The van der Waals surface area contributed by atoms with E-state index >= 15 is 0 Å². The molecular formula is C10H10N4S. The maximum absolute atomic E-state index is 5.46. The predicted octanol–water partition coefficient (Wildman–Crippen LogP) is 1.48. The number of nitrogens with zero attached hydrogens (tertiary/aromatic N) is 3. The van der Waals surface area contributed by atoms with Crippen molar-refractivity contribution in [1.82, 2.24) is 15.0 Å². The molecule has 0 atom stereocenters. The average Bonchev–Trinajstić information content (AvgIpc) is 2.31. The van der Waals surface area contributed by atoms with E-state index < -0.39 is 0 Å². The van der Waals surface area contributed by atoms with Crippen LogP contribution in [0.25, 0.3) is 0 Å². The van der Waals surface area contributed by atoms with Crippen LogP contribution < -0.4 is 5.73 Å². The molecule has 0 saturated heterocycles. The smallest absolute Gasteiger partial charge is 0.119 e. The van der Waals surface area contributed by atoms with Gasteiger partial charge in [0.15, 0.2) is 0 Å². The Morgan fingerprint density at radius 1 is 1.13 bits per heavy atom. The summed E-state index contributed by atoms with van der Waals surface area (Å²) in [5.74, 6) is 0. The molecule has 0 aliphatic rings. The van der Waals surface area contributed by atoms with Gasteiger partial charge in [0, 0.05) is 30.0 Å². The van der Waals surface area contributed by atoms with Gasteiger partial charge in [-0.3, -0.25) is 9.97 Å². The molecule has 2 rings (SSSR count). The molecule has 0 amide bonds. The first-order valence-electron chi connectivity index (χ1n) is 4.47. The monoisotopic (exact) mass is 218 g/mol. The molecule has 0 radical (unpaired) electrons. The van der Waals surface area contributed by atoms with Crippen molar-refractivity contribution < 1.29 is 0 Å². The van der Waals surface area contributed by atoms with E-state index in [4.69, 9.17) is 5.73 Å². The first-order valence-corrected chi connectivity index (χ1v) is 5.29. The summed E-state index contributed by atoms with van der Waals surface area (Å²) in [5.41, 5.74) is 6.35. The van der Waals surface area contributed by atoms with Crippen LogP contribution in [0, 0.1) is 0 Å². The number of nitrogens with two attached hydrogens (primary N) is 1. The highest BCUT2D eigenvalue weighted by Gasteiger charge is 1.98. The number of aromatic nitrogens is 3. The topological polar surface area (TPSA) is 64.7 Å². The number of rotatable bonds is 3. The molecule has 0 saturated carbocycles. The van der Waals surface area contributed by atoms with Gasteiger partial charge in [-0.15, -0.1) is 0 Å². The van der Waals surface area contributed by atoms with Gasteiger partial charge in [0.25, 0.3) is 0 Å². The summed E-state index contributed by atoms with van der Waals surface area (Å²) in [6, 6.07) is 3.90. The highest BCUT2D eigenvalue weighted by molar-refractivity contribution is 7.99. The Balaban J connectivity index is 2.11. The second-order valence-electron chi connectivity index (χ2n) is 2.84. The van der Waals surface area contributed by atoms with Crippen LogP contribution >= 0.6 is 11.8 Å². The van der Waals surface area contributed by atoms with Crippen LogP contribution in [-0.2, 0) is 6.54 Å². The zero-order chi connectivity index (χ0) is 10.5. The van der Waals surface area contributed by atoms with Gasteiger partial charge in [-0.25, -0.2) is 4.98 Å². The highest BCUT2D eigenvalue weighted by Crippen LogP contribution is 2.23. The summed E-state index contributed by atoms with van der Waals surface area (Å²) >= 11 is 1.53.